The van der Waals surface area contributed by atoms with E-state index in [-0.39, 0.29) is 0 Å². The predicted molar refractivity (Wildman–Crippen MR) is 120 cm³/mol. The Kier molecular flexibility index (Phi) is 15.1. The fourth-order valence-electron chi connectivity index (χ4n) is 2.98. The lowest BCUT2D eigenvalue weighted by Gasteiger charge is -2.37. The van der Waals surface area contributed by atoms with Gasteiger partial charge in [0.05, 0.1) is 8.07 Å². The smallest absolute Gasteiger partial charge is 0.0527 e. The Labute approximate surface area is 160 Å². The third kappa shape index (κ3) is 13.8. The first-order valence-corrected chi connectivity index (χ1v) is 15.2. The highest BCUT2D eigenvalue weighted by atomic mass is 32.2. The predicted octanol–water partition coefficient (Wildman–Crippen LogP) is 8.93. The number of rotatable bonds is 16. The van der Waals surface area contributed by atoms with Crippen LogP contribution >= 0.6 is 11.8 Å². The van der Waals surface area contributed by atoms with E-state index in [1.54, 1.807) is 0 Å². The Bertz CT molecular complexity index is 268. The Morgan fingerprint density at radius 2 is 1.04 bits per heavy atom. The van der Waals surface area contributed by atoms with Crippen LogP contribution in [0.5, 0.6) is 0 Å². The number of unbranched alkanes of at least 4 members (excludes halogenated alkanes) is 10. The van der Waals surface area contributed by atoms with Gasteiger partial charge in [0.1, 0.15) is 0 Å². The average Bonchev–Trinajstić information content (AvgIpc) is 2.50. The SMILES string of the molecule is CCCSCCCCCCCCCCCCC[Si](C)(C)C(C)(C)C. The second-order valence-electron chi connectivity index (χ2n) is 9.39. The van der Waals surface area contributed by atoms with Crippen LogP contribution in [0.2, 0.25) is 24.2 Å². The summed E-state index contributed by atoms with van der Waals surface area (Å²) < 4.78 is 0. The van der Waals surface area contributed by atoms with E-state index in [0.717, 1.165) is 0 Å². The quantitative estimate of drug-likeness (QED) is 0.192. The van der Waals surface area contributed by atoms with Gasteiger partial charge in [-0.2, -0.15) is 11.8 Å². The van der Waals surface area contributed by atoms with Crippen LogP contribution in [0, 0.1) is 0 Å². The molecule has 0 aromatic heterocycles. The van der Waals surface area contributed by atoms with Crippen LogP contribution in [0.15, 0.2) is 0 Å². The Hall–Kier alpha value is 0.567. The molecule has 0 saturated heterocycles. The zero-order valence-corrected chi connectivity index (χ0v) is 19.8. The third-order valence-corrected chi connectivity index (χ3v) is 12.9. The lowest BCUT2D eigenvalue weighted by atomic mass is 10.1. The molecule has 0 aliphatic heterocycles. The van der Waals surface area contributed by atoms with Crippen LogP contribution in [0.3, 0.4) is 0 Å². The summed E-state index contributed by atoms with van der Waals surface area (Å²) in [5, 5.41) is 0.571. The van der Waals surface area contributed by atoms with Crippen molar-refractivity contribution < 1.29 is 0 Å². The lowest BCUT2D eigenvalue weighted by Crippen LogP contribution is -2.36. The van der Waals surface area contributed by atoms with Crippen LogP contribution in [0.1, 0.15) is 105 Å². The van der Waals surface area contributed by atoms with Crippen molar-refractivity contribution in [2.24, 2.45) is 0 Å². The van der Waals surface area contributed by atoms with E-state index < -0.39 is 8.07 Å². The Morgan fingerprint density at radius 3 is 1.46 bits per heavy atom. The highest BCUT2D eigenvalue weighted by Gasteiger charge is 2.33. The van der Waals surface area contributed by atoms with Crippen molar-refractivity contribution in [3.8, 4) is 0 Å². The molecule has 2 heteroatoms. The first-order chi connectivity index (χ1) is 11.3. The van der Waals surface area contributed by atoms with E-state index in [1.165, 1.54) is 94.6 Å². The molecule has 0 radical (unpaired) electrons. The molecule has 0 bridgehead atoms. The van der Waals surface area contributed by atoms with Gasteiger partial charge < -0.3 is 0 Å². The van der Waals surface area contributed by atoms with Gasteiger partial charge in [0.2, 0.25) is 0 Å². The van der Waals surface area contributed by atoms with Gasteiger partial charge in [0, 0.05) is 0 Å². The number of hydrogen-bond donors (Lipinski definition) is 0. The maximum absolute atomic E-state index is 2.58. The van der Waals surface area contributed by atoms with Gasteiger partial charge in [-0.3, -0.25) is 0 Å². The highest BCUT2D eigenvalue weighted by molar-refractivity contribution is 7.99. The molecule has 0 aromatic carbocycles. The molecule has 0 spiro atoms. The minimum Gasteiger partial charge on any atom is -0.162 e. The summed E-state index contributed by atoms with van der Waals surface area (Å²) in [7, 11) is -1.01. The molecule has 0 atom stereocenters. The molecular formula is C22H48SSi. The first-order valence-electron chi connectivity index (χ1n) is 10.9. The third-order valence-electron chi connectivity index (χ3n) is 5.97. The van der Waals surface area contributed by atoms with Crippen molar-refractivity contribution >= 4 is 19.8 Å². The van der Waals surface area contributed by atoms with Gasteiger partial charge in [0.25, 0.3) is 0 Å². The molecule has 0 aliphatic rings. The van der Waals surface area contributed by atoms with E-state index in [2.05, 4.69) is 52.6 Å². The highest BCUT2D eigenvalue weighted by Crippen LogP contribution is 2.39. The molecule has 0 fully saturated rings. The zero-order valence-electron chi connectivity index (χ0n) is 18.0. The van der Waals surface area contributed by atoms with Crippen LogP contribution in [-0.4, -0.2) is 19.6 Å². The summed E-state index contributed by atoms with van der Waals surface area (Å²) in [6.07, 6.45) is 17.5. The average molecular weight is 373 g/mol. The standard InChI is InChI=1S/C22H48SSi/c1-7-19-23-20-17-15-13-11-9-8-10-12-14-16-18-21-24(5,6)22(2,3)4/h7-21H2,1-6H3. The van der Waals surface area contributed by atoms with Crippen molar-refractivity contribution in [1.29, 1.82) is 0 Å². The van der Waals surface area contributed by atoms with Crippen LogP contribution in [0.4, 0.5) is 0 Å². The van der Waals surface area contributed by atoms with Crippen molar-refractivity contribution in [3.63, 3.8) is 0 Å². The summed E-state index contributed by atoms with van der Waals surface area (Å²) in [5.74, 6) is 2.75. The van der Waals surface area contributed by atoms with Crippen LogP contribution < -0.4 is 0 Å². The Balaban J connectivity index is 3.24. The maximum atomic E-state index is 2.58. The lowest BCUT2D eigenvalue weighted by molar-refractivity contribution is 0.553. The van der Waals surface area contributed by atoms with Crippen LogP contribution in [-0.2, 0) is 0 Å². The van der Waals surface area contributed by atoms with Crippen LogP contribution in [0.25, 0.3) is 0 Å². The maximum Gasteiger partial charge on any atom is 0.0527 e. The molecular weight excluding hydrogens is 324 g/mol. The minimum atomic E-state index is -1.01. The van der Waals surface area contributed by atoms with Gasteiger partial charge in [-0.15, -0.1) is 0 Å². The number of hydrogen-bond acceptors (Lipinski definition) is 1. The number of thioether (sulfide) groups is 1. The molecule has 0 rings (SSSR count). The second kappa shape index (κ2) is 14.7. The van der Waals surface area contributed by atoms with Gasteiger partial charge in [-0.25, -0.2) is 0 Å². The van der Waals surface area contributed by atoms with Gasteiger partial charge in [-0.1, -0.05) is 111 Å². The molecule has 24 heavy (non-hydrogen) atoms. The largest absolute Gasteiger partial charge is 0.162 e. The van der Waals surface area contributed by atoms with E-state index >= 15 is 0 Å². The van der Waals surface area contributed by atoms with E-state index in [1.807, 2.05) is 0 Å². The summed E-state index contributed by atoms with van der Waals surface area (Å²) >= 11 is 2.14. The monoisotopic (exact) mass is 372 g/mol. The first kappa shape index (κ1) is 24.6. The summed E-state index contributed by atoms with van der Waals surface area (Å²) in [4.78, 5) is 0. The zero-order chi connectivity index (χ0) is 18.3. The van der Waals surface area contributed by atoms with Gasteiger partial charge >= 0.3 is 0 Å². The molecule has 0 saturated carbocycles. The van der Waals surface area contributed by atoms with E-state index in [9.17, 15) is 0 Å². The van der Waals surface area contributed by atoms with E-state index in [4.69, 9.17) is 0 Å². The molecule has 0 aromatic rings. The summed E-state index contributed by atoms with van der Waals surface area (Å²) in [6.45, 7) is 14.8. The van der Waals surface area contributed by atoms with Crippen molar-refractivity contribution in [3.05, 3.63) is 0 Å². The molecule has 0 unspecified atom stereocenters. The van der Waals surface area contributed by atoms with Crippen molar-refractivity contribution in [2.75, 3.05) is 11.5 Å². The molecule has 0 amide bonds. The molecule has 0 aliphatic carbocycles. The Morgan fingerprint density at radius 1 is 0.625 bits per heavy atom. The van der Waals surface area contributed by atoms with Gasteiger partial charge in [-0.05, 0) is 29.4 Å². The summed E-state index contributed by atoms with van der Waals surface area (Å²) in [5.41, 5.74) is 0. The second-order valence-corrected chi connectivity index (χ2v) is 16.4. The molecule has 0 heterocycles. The summed E-state index contributed by atoms with van der Waals surface area (Å²) in [6, 6.07) is 1.52. The van der Waals surface area contributed by atoms with Crippen molar-refractivity contribution in [1.82, 2.24) is 0 Å². The topological polar surface area (TPSA) is 0 Å². The fraction of sp³-hybridized carbons (Fsp3) is 1.00. The normalized spacial score (nSPS) is 12.8. The molecule has 0 nitrogen and oxygen atoms in total. The molecule has 146 valence electrons. The molecule has 0 N–H and O–H groups in total. The van der Waals surface area contributed by atoms with Gasteiger partial charge in [0.15, 0.2) is 0 Å². The fourth-order valence-corrected chi connectivity index (χ4v) is 5.77. The van der Waals surface area contributed by atoms with Crippen molar-refractivity contribution in [2.45, 2.75) is 129 Å². The minimum absolute atomic E-state index is 0.571. The van der Waals surface area contributed by atoms with E-state index in [0.29, 0.717) is 5.04 Å².